The van der Waals surface area contributed by atoms with Crippen molar-refractivity contribution in [2.75, 3.05) is 13.1 Å². The molecule has 4 amide bonds. The monoisotopic (exact) mass is 269 g/mol. The smallest absolute Gasteiger partial charge is 0.259 e. The van der Waals surface area contributed by atoms with Crippen molar-refractivity contribution in [3.05, 3.63) is 17.4 Å². The molecule has 1 atom stereocenters. The van der Waals surface area contributed by atoms with Crippen molar-refractivity contribution < 1.29 is 29.3 Å². The number of carbonyl (C=O) groups is 4. The molecule has 1 N–H and O–H groups in total. The second kappa shape index (κ2) is 5.26. The molecule has 2 aliphatic rings. The highest BCUT2D eigenvalue weighted by atomic mass is 17.0. The van der Waals surface area contributed by atoms with Crippen LogP contribution in [0.15, 0.2) is 12.2 Å². The Bertz CT molecular complexity index is 440. The fourth-order valence-electron chi connectivity index (χ4n) is 1.66. The first-order chi connectivity index (χ1) is 8.99. The molecule has 1 fully saturated rings. The van der Waals surface area contributed by atoms with Gasteiger partial charge in [0, 0.05) is 25.0 Å². The van der Waals surface area contributed by atoms with Crippen molar-refractivity contribution >= 4 is 23.6 Å². The van der Waals surface area contributed by atoms with E-state index >= 15 is 0 Å². The SMILES string of the molecule is O=C1C=CC(=O)N1CC[NH+]([O-])ON1C(=O)CCC1=O. The van der Waals surface area contributed by atoms with Gasteiger partial charge in [-0.1, -0.05) is 10.0 Å². The van der Waals surface area contributed by atoms with E-state index in [-0.39, 0.29) is 25.9 Å². The third-order valence-electron chi connectivity index (χ3n) is 2.64. The lowest BCUT2D eigenvalue weighted by Gasteiger charge is -2.24. The van der Waals surface area contributed by atoms with Crippen LogP contribution < -0.4 is 5.23 Å². The topological polar surface area (TPSA) is 111 Å². The molecule has 0 spiro atoms. The maximum absolute atomic E-state index is 11.4. The van der Waals surface area contributed by atoms with Gasteiger partial charge in [0.05, 0.1) is 6.54 Å². The van der Waals surface area contributed by atoms with Gasteiger partial charge in [-0.25, -0.2) is 0 Å². The van der Waals surface area contributed by atoms with Crippen LogP contribution in [0.3, 0.4) is 0 Å². The summed E-state index contributed by atoms with van der Waals surface area (Å²) in [4.78, 5) is 50.2. The molecule has 0 aliphatic carbocycles. The highest BCUT2D eigenvalue weighted by Crippen LogP contribution is 2.09. The van der Waals surface area contributed by atoms with E-state index in [1.807, 2.05) is 0 Å². The molecule has 1 saturated heterocycles. The molecule has 1 unspecified atom stereocenters. The summed E-state index contributed by atoms with van der Waals surface area (Å²) in [7, 11) is 0. The Labute approximate surface area is 107 Å². The third-order valence-corrected chi connectivity index (χ3v) is 2.64. The van der Waals surface area contributed by atoms with Gasteiger partial charge in [-0.15, -0.1) is 0 Å². The first-order valence-electron chi connectivity index (χ1n) is 5.59. The summed E-state index contributed by atoms with van der Waals surface area (Å²) in [6.07, 6.45) is 2.22. The fourth-order valence-corrected chi connectivity index (χ4v) is 1.66. The maximum Gasteiger partial charge on any atom is 0.259 e. The van der Waals surface area contributed by atoms with E-state index in [2.05, 4.69) is 4.94 Å². The van der Waals surface area contributed by atoms with Crippen LogP contribution in [-0.2, 0) is 24.1 Å². The molecule has 9 heteroatoms. The molecule has 0 aromatic carbocycles. The van der Waals surface area contributed by atoms with Crippen molar-refractivity contribution in [3.8, 4) is 0 Å². The van der Waals surface area contributed by atoms with Crippen molar-refractivity contribution in [1.29, 1.82) is 0 Å². The number of quaternary nitrogens is 1. The first-order valence-corrected chi connectivity index (χ1v) is 5.59. The van der Waals surface area contributed by atoms with Crippen molar-refractivity contribution in [2.24, 2.45) is 0 Å². The highest BCUT2D eigenvalue weighted by molar-refractivity contribution is 6.12. The maximum atomic E-state index is 11.4. The minimum absolute atomic E-state index is 0.0130. The first kappa shape index (κ1) is 13.3. The van der Waals surface area contributed by atoms with Crippen molar-refractivity contribution in [2.45, 2.75) is 12.8 Å². The Morgan fingerprint density at radius 3 is 2.16 bits per heavy atom. The van der Waals surface area contributed by atoms with Crippen LogP contribution in [0.25, 0.3) is 0 Å². The van der Waals surface area contributed by atoms with Crippen molar-refractivity contribution in [3.63, 3.8) is 0 Å². The molecule has 2 heterocycles. The quantitative estimate of drug-likeness (QED) is 0.429. The van der Waals surface area contributed by atoms with Gasteiger partial charge in [0.15, 0.2) is 0 Å². The van der Waals surface area contributed by atoms with Gasteiger partial charge in [0.25, 0.3) is 23.6 Å². The van der Waals surface area contributed by atoms with Gasteiger partial charge < -0.3 is 5.21 Å². The van der Waals surface area contributed by atoms with Gasteiger partial charge >= 0.3 is 0 Å². The average molecular weight is 269 g/mol. The number of carbonyl (C=O) groups excluding carboxylic acids is 4. The molecule has 102 valence electrons. The van der Waals surface area contributed by atoms with Crippen LogP contribution in [-0.4, -0.2) is 46.7 Å². The van der Waals surface area contributed by atoms with Crippen molar-refractivity contribution in [1.82, 2.24) is 9.96 Å². The Morgan fingerprint density at radius 2 is 1.63 bits per heavy atom. The number of imide groups is 2. The lowest BCUT2D eigenvalue weighted by atomic mass is 10.4. The number of amides is 4. The second-order valence-corrected chi connectivity index (χ2v) is 3.96. The number of hydrogen-bond acceptors (Lipinski definition) is 6. The van der Waals surface area contributed by atoms with Crippen LogP contribution in [0.2, 0.25) is 0 Å². The van der Waals surface area contributed by atoms with E-state index < -0.39 is 28.9 Å². The molecule has 2 rings (SSSR count). The van der Waals surface area contributed by atoms with Crippen LogP contribution >= 0.6 is 0 Å². The summed E-state index contributed by atoms with van der Waals surface area (Å²) in [6, 6.07) is 0. The number of hydrogen-bond donors (Lipinski definition) is 1. The minimum atomic E-state index is -0.851. The number of hydroxylamine groups is 4. The lowest BCUT2D eigenvalue weighted by Crippen LogP contribution is -3.08. The molecule has 0 aromatic heterocycles. The Morgan fingerprint density at radius 1 is 1.11 bits per heavy atom. The zero-order valence-corrected chi connectivity index (χ0v) is 9.83. The Kier molecular flexibility index (Phi) is 3.69. The number of nitrogens with one attached hydrogen (secondary N) is 1. The van der Waals surface area contributed by atoms with Gasteiger partial charge in [-0.05, 0) is 0 Å². The van der Waals surface area contributed by atoms with Gasteiger partial charge in [-0.2, -0.15) is 5.23 Å². The van der Waals surface area contributed by atoms with Crippen LogP contribution in [0.4, 0.5) is 0 Å². The summed E-state index contributed by atoms with van der Waals surface area (Å²) in [5.41, 5.74) is 0. The van der Waals surface area contributed by atoms with E-state index in [9.17, 15) is 24.4 Å². The predicted molar refractivity (Wildman–Crippen MR) is 57.2 cm³/mol. The van der Waals surface area contributed by atoms with Gasteiger partial charge in [0.1, 0.15) is 6.54 Å². The molecule has 0 aromatic rings. The molecule has 0 bridgehead atoms. The highest BCUT2D eigenvalue weighted by Gasteiger charge is 2.33. The van der Waals surface area contributed by atoms with E-state index in [1.165, 1.54) is 0 Å². The van der Waals surface area contributed by atoms with Gasteiger partial charge in [0.2, 0.25) is 0 Å². The summed E-state index contributed by atoms with van der Waals surface area (Å²) in [6.45, 7) is -0.435. The van der Waals surface area contributed by atoms with E-state index in [1.54, 1.807) is 0 Å². The third kappa shape index (κ3) is 2.84. The Balaban J connectivity index is 1.80. The molecule has 0 saturated carbocycles. The van der Waals surface area contributed by atoms with Gasteiger partial charge in [-0.3, -0.25) is 24.1 Å². The zero-order chi connectivity index (χ0) is 14.0. The number of rotatable bonds is 5. The predicted octanol–water partition coefficient (Wildman–Crippen LogP) is -2.71. The molecular weight excluding hydrogens is 258 g/mol. The summed E-state index contributed by atoms with van der Waals surface area (Å²) < 4.78 is 0. The van der Waals surface area contributed by atoms with Crippen LogP contribution in [0.1, 0.15) is 12.8 Å². The average Bonchev–Trinajstić information content (AvgIpc) is 2.84. The van der Waals surface area contributed by atoms with E-state index in [0.717, 1.165) is 17.1 Å². The molecular formula is C10H11N3O6. The largest absolute Gasteiger partial charge is 0.598 e. The zero-order valence-electron chi connectivity index (χ0n) is 9.83. The lowest BCUT2D eigenvalue weighted by molar-refractivity contribution is -1.07. The summed E-state index contributed by atoms with van der Waals surface area (Å²) in [5.74, 6) is -2.17. The van der Waals surface area contributed by atoms with Crippen LogP contribution in [0, 0.1) is 5.21 Å². The molecule has 19 heavy (non-hydrogen) atoms. The second-order valence-electron chi connectivity index (χ2n) is 3.96. The summed E-state index contributed by atoms with van der Waals surface area (Å²) >= 11 is 0. The standard InChI is InChI=1S/C10H11N3O6/c14-7-1-2-8(15)11(7)5-6-12(18)19-13-9(16)3-4-10(13)17/h1-2,12H,3-6H2. The molecule has 2 aliphatic heterocycles. The minimum Gasteiger partial charge on any atom is -0.598 e. The fraction of sp³-hybridized carbons (Fsp3) is 0.400. The van der Waals surface area contributed by atoms with Crippen LogP contribution in [0.5, 0.6) is 0 Å². The summed E-state index contributed by atoms with van der Waals surface area (Å²) in [5, 5.41) is 11.0. The normalized spacial score (nSPS) is 20.9. The van der Waals surface area contributed by atoms with E-state index in [0.29, 0.717) is 5.06 Å². The molecule has 0 radical (unpaired) electrons. The number of nitrogens with zero attached hydrogens (tertiary/aromatic N) is 2. The van der Waals surface area contributed by atoms with E-state index in [4.69, 9.17) is 0 Å². The Hall–Kier alpha value is -2.10. The molecule has 9 nitrogen and oxygen atoms in total.